The van der Waals surface area contributed by atoms with Gasteiger partial charge < -0.3 is 10.6 Å². The van der Waals surface area contributed by atoms with E-state index < -0.39 is 0 Å². The molecule has 0 radical (unpaired) electrons. The van der Waals surface area contributed by atoms with Crippen LogP contribution < -0.4 is 10.6 Å². The average Bonchev–Trinajstić information content (AvgIpc) is 2.47. The molecule has 1 amide bonds. The Morgan fingerprint density at radius 3 is 2.89 bits per heavy atom. The second kappa shape index (κ2) is 6.00. The molecule has 0 aliphatic heterocycles. The van der Waals surface area contributed by atoms with E-state index in [1.54, 1.807) is 25.5 Å². The fraction of sp³-hybridized carbons (Fsp3) is 0.200. The molecule has 0 unspecified atom stereocenters. The monoisotopic (exact) mass is 255 g/mol. The topological polar surface area (TPSA) is 54.0 Å². The highest BCUT2D eigenvalue weighted by Crippen LogP contribution is 2.16. The van der Waals surface area contributed by atoms with E-state index >= 15 is 0 Å². The molecule has 4 heteroatoms. The van der Waals surface area contributed by atoms with Gasteiger partial charge in [0.2, 0.25) is 0 Å². The third-order valence-electron chi connectivity index (χ3n) is 2.93. The van der Waals surface area contributed by atoms with Crippen LogP contribution in [0.5, 0.6) is 0 Å². The fourth-order valence-electron chi connectivity index (χ4n) is 1.86. The average molecular weight is 255 g/mol. The first-order valence-electron chi connectivity index (χ1n) is 6.26. The van der Waals surface area contributed by atoms with Crippen LogP contribution in [0.1, 0.15) is 22.8 Å². The van der Waals surface area contributed by atoms with Gasteiger partial charge in [0.1, 0.15) is 0 Å². The molecule has 0 saturated heterocycles. The minimum atomic E-state index is -0.161. The minimum absolute atomic E-state index is 0.161. The summed E-state index contributed by atoms with van der Waals surface area (Å²) in [5.74, 6) is -0.161. The molecule has 1 aromatic heterocycles. The van der Waals surface area contributed by atoms with Gasteiger partial charge in [-0.25, -0.2) is 0 Å². The van der Waals surface area contributed by atoms with Crippen LogP contribution in [0.4, 0.5) is 11.4 Å². The number of pyridine rings is 1. The van der Waals surface area contributed by atoms with E-state index in [0.717, 1.165) is 17.8 Å². The van der Waals surface area contributed by atoms with E-state index in [-0.39, 0.29) is 5.91 Å². The van der Waals surface area contributed by atoms with Crippen LogP contribution in [0.15, 0.2) is 42.7 Å². The summed E-state index contributed by atoms with van der Waals surface area (Å²) >= 11 is 0. The van der Waals surface area contributed by atoms with Gasteiger partial charge in [0.15, 0.2) is 0 Å². The lowest BCUT2D eigenvalue weighted by atomic mass is 10.1. The molecule has 98 valence electrons. The molecule has 2 rings (SSSR count). The Labute approximate surface area is 112 Å². The van der Waals surface area contributed by atoms with Gasteiger partial charge in [-0.15, -0.1) is 0 Å². The van der Waals surface area contributed by atoms with Crippen LogP contribution in [-0.4, -0.2) is 17.9 Å². The number of aryl methyl sites for hydroxylation is 1. The summed E-state index contributed by atoms with van der Waals surface area (Å²) in [5, 5.41) is 5.87. The summed E-state index contributed by atoms with van der Waals surface area (Å²) in [6.45, 7) is 2.08. The number of amides is 1. The van der Waals surface area contributed by atoms with Crippen molar-refractivity contribution in [2.24, 2.45) is 0 Å². The number of hydrogen-bond donors (Lipinski definition) is 2. The van der Waals surface area contributed by atoms with Gasteiger partial charge in [-0.3, -0.25) is 9.78 Å². The maximum atomic E-state index is 12.2. The highest BCUT2D eigenvalue weighted by Gasteiger charge is 2.10. The number of carbonyl (C=O) groups excluding carboxylic acids is 1. The molecule has 0 bridgehead atoms. The van der Waals surface area contributed by atoms with E-state index in [4.69, 9.17) is 0 Å². The molecule has 2 aromatic rings. The second-order valence-corrected chi connectivity index (χ2v) is 4.18. The maximum absolute atomic E-state index is 12.2. The van der Waals surface area contributed by atoms with Crippen LogP contribution in [-0.2, 0) is 6.42 Å². The molecule has 0 atom stereocenters. The van der Waals surface area contributed by atoms with Crippen molar-refractivity contribution in [1.82, 2.24) is 4.98 Å². The molecule has 0 fully saturated rings. The normalized spacial score (nSPS) is 10.0. The lowest BCUT2D eigenvalue weighted by Crippen LogP contribution is -2.14. The zero-order chi connectivity index (χ0) is 13.7. The molecular formula is C15H17N3O. The van der Waals surface area contributed by atoms with E-state index in [2.05, 4.69) is 22.5 Å². The Morgan fingerprint density at radius 2 is 2.16 bits per heavy atom. The van der Waals surface area contributed by atoms with E-state index in [1.165, 1.54) is 5.56 Å². The number of anilines is 2. The predicted molar refractivity (Wildman–Crippen MR) is 77.6 cm³/mol. The molecule has 0 aliphatic rings. The number of hydrogen-bond acceptors (Lipinski definition) is 3. The number of rotatable bonds is 4. The first-order chi connectivity index (χ1) is 9.24. The highest BCUT2D eigenvalue weighted by molar-refractivity contribution is 6.07. The largest absolute Gasteiger partial charge is 0.387 e. The molecule has 2 N–H and O–H groups in total. The third-order valence-corrected chi connectivity index (χ3v) is 2.93. The van der Waals surface area contributed by atoms with Gasteiger partial charge in [-0.1, -0.05) is 19.1 Å². The summed E-state index contributed by atoms with van der Waals surface area (Å²) in [5.41, 5.74) is 3.29. The van der Waals surface area contributed by atoms with Crippen LogP contribution in [0, 0.1) is 0 Å². The van der Waals surface area contributed by atoms with Gasteiger partial charge in [-0.2, -0.15) is 0 Å². The number of aromatic nitrogens is 1. The van der Waals surface area contributed by atoms with Crippen LogP contribution in [0.3, 0.4) is 0 Å². The number of nitrogens with zero attached hydrogens (tertiary/aromatic N) is 1. The predicted octanol–water partition coefficient (Wildman–Crippen LogP) is 2.94. The molecule has 0 aliphatic carbocycles. The molecular weight excluding hydrogens is 238 g/mol. The van der Waals surface area contributed by atoms with Crippen molar-refractivity contribution in [2.75, 3.05) is 17.7 Å². The van der Waals surface area contributed by atoms with Crippen molar-refractivity contribution < 1.29 is 4.79 Å². The van der Waals surface area contributed by atoms with E-state index in [1.807, 2.05) is 24.3 Å². The number of carbonyl (C=O) groups is 1. The Kier molecular flexibility index (Phi) is 4.13. The Balaban J connectivity index is 2.20. The van der Waals surface area contributed by atoms with Crippen LogP contribution >= 0.6 is 0 Å². The maximum Gasteiger partial charge on any atom is 0.259 e. The zero-order valence-electron chi connectivity index (χ0n) is 11.1. The van der Waals surface area contributed by atoms with Gasteiger partial charge >= 0.3 is 0 Å². The zero-order valence-corrected chi connectivity index (χ0v) is 11.1. The summed E-state index contributed by atoms with van der Waals surface area (Å²) in [6, 6.07) is 9.62. The number of benzene rings is 1. The van der Waals surface area contributed by atoms with Gasteiger partial charge in [0, 0.05) is 30.8 Å². The van der Waals surface area contributed by atoms with Crippen molar-refractivity contribution in [1.29, 1.82) is 0 Å². The van der Waals surface area contributed by atoms with Crippen molar-refractivity contribution in [3.05, 3.63) is 53.9 Å². The lowest BCUT2D eigenvalue weighted by molar-refractivity contribution is 0.102. The summed E-state index contributed by atoms with van der Waals surface area (Å²) in [7, 11) is 1.78. The quantitative estimate of drug-likeness (QED) is 0.883. The minimum Gasteiger partial charge on any atom is -0.387 e. The molecule has 4 nitrogen and oxygen atoms in total. The highest BCUT2D eigenvalue weighted by atomic mass is 16.1. The Morgan fingerprint density at radius 1 is 1.32 bits per heavy atom. The summed E-state index contributed by atoms with van der Waals surface area (Å²) in [4.78, 5) is 16.2. The molecule has 1 aromatic carbocycles. The first kappa shape index (κ1) is 13.1. The molecule has 1 heterocycles. The van der Waals surface area contributed by atoms with Gasteiger partial charge in [-0.05, 0) is 30.2 Å². The second-order valence-electron chi connectivity index (χ2n) is 4.18. The fourth-order valence-corrected chi connectivity index (χ4v) is 1.86. The van der Waals surface area contributed by atoms with Crippen LogP contribution in [0.2, 0.25) is 0 Å². The van der Waals surface area contributed by atoms with Gasteiger partial charge in [0.25, 0.3) is 5.91 Å². The number of nitrogens with one attached hydrogen (secondary N) is 2. The van der Waals surface area contributed by atoms with Crippen LogP contribution in [0.25, 0.3) is 0 Å². The Bertz CT molecular complexity index is 581. The summed E-state index contributed by atoms with van der Waals surface area (Å²) < 4.78 is 0. The first-order valence-corrected chi connectivity index (χ1v) is 6.26. The smallest absolute Gasteiger partial charge is 0.259 e. The standard InChI is InChI=1S/C15H17N3O/c1-3-11-5-4-6-12(9-11)18-15(19)13-10-17-8-7-14(13)16-2/h4-10H,3H2,1-2H3,(H,16,17)(H,18,19). The van der Waals surface area contributed by atoms with Gasteiger partial charge in [0.05, 0.1) is 5.56 Å². The summed E-state index contributed by atoms with van der Waals surface area (Å²) in [6.07, 6.45) is 4.16. The molecule has 0 spiro atoms. The van der Waals surface area contributed by atoms with Crippen molar-refractivity contribution in [2.45, 2.75) is 13.3 Å². The van der Waals surface area contributed by atoms with E-state index in [0.29, 0.717) is 5.56 Å². The molecule has 0 saturated carbocycles. The Hall–Kier alpha value is -2.36. The van der Waals surface area contributed by atoms with E-state index in [9.17, 15) is 4.79 Å². The third kappa shape index (κ3) is 3.10. The van der Waals surface area contributed by atoms with Crippen molar-refractivity contribution >= 4 is 17.3 Å². The van der Waals surface area contributed by atoms with Crippen molar-refractivity contribution in [3.63, 3.8) is 0 Å². The SMILES string of the molecule is CCc1cccc(NC(=O)c2cnccc2NC)c1. The lowest BCUT2D eigenvalue weighted by Gasteiger charge is -2.09. The van der Waals surface area contributed by atoms with Crippen molar-refractivity contribution in [3.8, 4) is 0 Å². The molecule has 19 heavy (non-hydrogen) atoms.